The first-order valence-electron chi connectivity index (χ1n) is 4.66. The van der Waals surface area contributed by atoms with Gasteiger partial charge in [0.1, 0.15) is 0 Å². The summed E-state index contributed by atoms with van der Waals surface area (Å²) in [6.07, 6.45) is 19.3. The van der Waals surface area contributed by atoms with E-state index in [1.807, 2.05) is 0 Å². The van der Waals surface area contributed by atoms with Crippen molar-refractivity contribution in [2.75, 3.05) is 0 Å². The first-order valence-corrected chi connectivity index (χ1v) is 4.66. The van der Waals surface area contributed by atoms with E-state index in [1.54, 1.807) is 0 Å². The van der Waals surface area contributed by atoms with E-state index in [9.17, 15) is 0 Å². The summed E-state index contributed by atoms with van der Waals surface area (Å²) >= 11 is 0. The summed E-state index contributed by atoms with van der Waals surface area (Å²) in [4.78, 5) is 0. The van der Waals surface area contributed by atoms with Crippen LogP contribution in [0.15, 0.2) is 48.1 Å². The Balaban J connectivity index is 1.78. The molecule has 0 spiro atoms. The Kier molecular flexibility index (Phi) is 2.26. The lowest BCUT2D eigenvalue weighted by Crippen LogP contribution is -1.89. The van der Waals surface area contributed by atoms with Gasteiger partial charge in [-0.1, -0.05) is 48.1 Å². The van der Waals surface area contributed by atoms with Gasteiger partial charge in [0, 0.05) is 0 Å². The fraction of sp³-hybridized carbons (Fsp3) is 0.333. The van der Waals surface area contributed by atoms with E-state index < -0.39 is 0 Å². The van der Waals surface area contributed by atoms with Gasteiger partial charge in [-0.2, -0.15) is 0 Å². The van der Waals surface area contributed by atoms with Gasteiger partial charge in [-0.05, 0) is 25.2 Å². The highest BCUT2D eigenvalue weighted by Crippen LogP contribution is 2.21. The van der Waals surface area contributed by atoms with Crippen molar-refractivity contribution in [3.05, 3.63) is 48.1 Å². The minimum absolute atomic E-state index is 0.694. The number of hydrogen-bond donors (Lipinski definition) is 0. The van der Waals surface area contributed by atoms with Crippen molar-refractivity contribution in [1.82, 2.24) is 0 Å². The molecule has 0 aliphatic heterocycles. The van der Waals surface area contributed by atoms with Crippen LogP contribution >= 0.6 is 0 Å². The van der Waals surface area contributed by atoms with Gasteiger partial charge in [0.05, 0.1) is 0 Å². The molecule has 0 N–H and O–H groups in total. The van der Waals surface area contributed by atoms with Crippen molar-refractivity contribution in [3.8, 4) is 0 Å². The molecule has 0 heterocycles. The van der Waals surface area contributed by atoms with Crippen LogP contribution in [-0.4, -0.2) is 0 Å². The quantitative estimate of drug-likeness (QED) is 0.590. The van der Waals surface area contributed by atoms with E-state index in [1.165, 1.54) is 18.4 Å². The fourth-order valence-electron chi connectivity index (χ4n) is 1.70. The highest BCUT2D eigenvalue weighted by Gasteiger charge is 2.05. The highest BCUT2D eigenvalue weighted by atomic mass is 14.1. The van der Waals surface area contributed by atoms with Gasteiger partial charge in [-0.25, -0.2) is 0 Å². The summed E-state index contributed by atoms with van der Waals surface area (Å²) in [7, 11) is 0. The average molecular weight is 158 g/mol. The minimum Gasteiger partial charge on any atom is -0.0805 e. The van der Waals surface area contributed by atoms with Crippen molar-refractivity contribution < 1.29 is 0 Å². The highest BCUT2D eigenvalue weighted by molar-refractivity contribution is 5.26. The first kappa shape index (κ1) is 7.60. The van der Waals surface area contributed by atoms with Crippen LogP contribution in [0.2, 0.25) is 0 Å². The summed E-state index contributed by atoms with van der Waals surface area (Å²) in [6, 6.07) is 0. The van der Waals surface area contributed by atoms with Crippen LogP contribution in [-0.2, 0) is 0 Å². The molecule has 2 aliphatic carbocycles. The SMILES string of the molecule is C1=CC(CCC2=CCC=C2)C=C1. The summed E-state index contributed by atoms with van der Waals surface area (Å²) < 4.78 is 0. The van der Waals surface area contributed by atoms with Gasteiger partial charge in [-0.3, -0.25) is 0 Å². The molecule has 12 heavy (non-hydrogen) atoms. The van der Waals surface area contributed by atoms with Crippen molar-refractivity contribution in [3.63, 3.8) is 0 Å². The molecular weight excluding hydrogens is 144 g/mol. The molecule has 0 nitrogen and oxygen atoms in total. The standard InChI is InChI=1S/C12H14/c1-2-6-11(5-1)9-10-12-7-3-4-8-12/h1-3,5-8,11H,4,9-10H2. The maximum Gasteiger partial charge on any atom is -0.00441 e. The number of rotatable bonds is 3. The van der Waals surface area contributed by atoms with E-state index in [2.05, 4.69) is 42.5 Å². The molecule has 0 fully saturated rings. The van der Waals surface area contributed by atoms with E-state index in [4.69, 9.17) is 0 Å². The molecule has 62 valence electrons. The molecular formula is C12H14. The lowest BCUT2D eigenvalue weighted by molar-refractivity contribution is 0.718. The predicted molar refractivity (Wildman–Crippen MR) is 52.8 cm³/mol. The van der Waals surface area contributed by atoms with Crippen LogP contribution in [0.4, 0.5) is 0 Å². The third kappa shape index (κ3) is 1.76. The molecule has 0 aromatic heterocycles. The smallest absolute Gasteiger partial charge is 0.00441 e. The van der Waals surface area contributed by atoms with E-state index in [0.717, 1.165) is 6.42 Å². The van der Waals surface area contributed by atoms with Crippen molar-refractivity contribution in [2.24, 2.45) is 5.92 Å². The molecule has 0 aromatic rings. The minimum atomic E-state index is 0.694. The summed E-state index contributed by atoms with van der Waals surface area (Å²) in [5.41, 5.74) is 1.52. The fourth-order valence-corrected chi connectivity index (χ4v) is 1.70. The Bertz CT molecular complexity index is 252. The Hall–Kier alpha value is -1.04. The van der Waals surface area contributed by atoms with Gasteiger partial charge in [0.25, 0.3) is 0 Å². The summed E-state index contributed by atoms with van der Waals surface area (Å²) in [6.45, 7) is 0. The molecule has 0 radical (unpaired) electrons. The normalized spacial score (nSPS) is 20.8. The number of allylic oxidation sites excluding steroid dienone is 8. The summed E-state index contributed by atoms with van der Waals surface area (Å²) in [5.74, 6) is 0.694. The second-order valence-electron chi connectivity index (χ2n) is 3.39. The third-order valence-corrected chi connectivity index (χ3v) is 2.44. The zero-order valence-electron chi connectivity index (χ0n) is 7.24. The molecule has 0 saturated carbocycles. The van der Waals surface area contributed by atoms with Crippen LogP contribution in [0.3, 0.4) is 0 Å². The van der Waals surface area contributed by atoms with Gasteiger partial charge in [0.15, 0.2) is 0 Å². The molecule has 0 aromatic carbocycles. The molecule has 0 heteroatoms. The average Bonchev–Trinajstić information content (AvgIpc) is 2.74. The lowest BCUT2D eigenvalue weighted by atomic mass is 10.0. The molecule has 0 atom stereocenters. The van der Waals surface area contributed by atoms with Gasteiger partial charge < -0.3 is 0 Å². The van der Waals surface area contributed by atoms with Crippen LogP contribution in [0.5, 0.6) is 0 Å². The van der Waals surface area contributed by atoms with E-state index in [-0.39, 0.29) is 0 Å². The van der Waals surface area contributed by atoms with Gasteiger partial charge in [0.2, 0.25) is 0 Å². The van der Waals surface area contributed by atoms with Crippen LogP contribution in [0.25, 0.3) is 0 Å². The van der Waals surface area contributed by atoms with Gasteiger partial charge >= 0.3 is 0 Å². The second-order valence-corrected chi connectivity index (χ2v) is 3.39. The molecule has 0 unspecified atom stereocenters. The Morgan fingerprint density at radius 3 is 2.75 bits per heavy atom. The van der Waals surface area contributed by atoms with Crippen LogP contribution < -0.4 is 0 Å². The van der Waals surface area contributed by atoms with Crippen molar-refractivity contribution in [2.45, 2.75) is 19.3 Å². The van der Waals surface area contributed by atoms with E-state index in [0.29, 0.717) is 5.92 Å². The topological polar surface area (TPSA) is 0 Å². The number of hydrogen-bond acceptors (Lipinski definition) is 0. The van der Waals surface area contributed by atoms with Crippen LogP contribution in [0, 0.1) is 5.92 Å². The van der Waals surface area contributed by atoms with Crippen molar-refractivity contribution >= 4 is 0 Å². The molecule has 0 saturated heterocycles. The largest absolute Gasteiger partial charge is 0.0805 e. The molecule has 0 amide bonds. The van der Waals surface area contributed by atoms with Gasteiger partial charge in [-0.15, -0.1) is 0 Å². The third-order valence-electron chi connectivity index (χ3n) is 2.44. The maximum absolute atomic E-state index is 2.32. The Labute approximate surface area is 74.0 Å². The zero-order valence-corrected chi connectivity index (χ0v) is 7.24. The first-order chi connectivity index (χ1) is 5.95. The zero-order chi connectivity index (χ0) is 8.23. The Morgan fingerprint density at radius 1 is 1.25 bits per heavy atom. The van der Waals surface area contributed by atoms with Crippen LogP contribution in [0.1, 0.15) is 19.3 Å². The molecule has 0 bridgehead atoms. The molecule has 2 rings (SSSR count). The predicted octanol–water partition coefficient (Wildman–Crippen LogP) is 3.40. The lowest BCUT2D eigenvalue weighted by Gasteiger charge is -2.03. The summed E-state index contributed by atoms with van der Waals surface area (Å²) in [5, 5.41) is 0. The maximum atomic E-state index is 2.32. The molecule has 2 aliphatic rings. The second kappa shape index (κ2) is 3.57. The monoisotopic (exact) mass is 158 g/mol. The Morgan fingerprint density at radius 2 is 2.08 bits per heavy atom. The van der Waals surface area contributed by atoms with E-state index >= 15 is 0 Å². The van der Waals surface area contributed by atoms with Crippen molar-refractivity contribution in [1.29, 1.82) is 0 Å².